The predicted octanol–water partition coefficient (Wildman–Crippen LogP) is 1.25. The summed E-state index contributed by atoms with van der Waals surface area (Å²) in [6, 6.07) is -0.173. The van der Waals surface area contributed by atoms with E-state index in [1.54, 1.807) is 6.20 Å². The first kappa shape index (κ1) is 21.6. The number of alkyl halides is 2. The summed E-state index contributed by atoms with van der Waals surface area (Å²) >= 11 is 6.46. The number of halogens is 2. The number of hydrogen-bond acceptors (Lipinski definition) is 6. The summed E-state index contributed by atoms with van der Waals surface area (Å²) in [5.74, 6) is -1.16. The maximum absolute atomic E-state index is 14.5. The first-order valence-electron chi connectivity index (χ1n) is 11.6. The highest BCUT2D eigenvalue weighted by molar-refractivity contribution is 6.21. The Bertz CT molecular complexity index is 746. The number of carbonyl (C=O) groups excluding carboxylic acids is 2. The maximum Gasteiger partial charge on any atom is 0.256 e. The van der Waals surface area contributed by atoms with Crippen molar-refractivity contribution in [2.45, 2.75) is 67.9 Å². The molecule has 172 valence electrons. The molecule has 2 saturated carbocycles. The molecule has 2 aliphatic carbocycles. The number of fused-ring (bicyclic) bond motifs is 2. The number of hydrogen-bond donors (Lipinski definition) is 1. The molecule has 4 fully saturated rings. The zero-order valence-electron chi connectivity index (χ0n) is 17.7. The molecule has 7 nitrogen and oxygen atoms in total. The molecule has 1 N–H and O–H groups in total. The van der Waals surface area contributed by atoms with Crippen LogP contribution in [-0.4, -0.2) is 96.7 Å². The number of Topliss-reactive ketones (excluding diaryl/α,β-unsaturated/α-hetero) is 1. The summed E-state index contributed by atoms with van der Waals surface area (Å²) in [7, 11) is 0. The van der Waals surface area contributed by atoms with E-state index in [-0.39, 0.29) is 53.4 Å². The topological polar surface area (TPSA) is 71.1 Å². The number of rotatable bonds is 4. The Kier molecular flexibility index (Phi) is 6.25. The second-order valence-electron chi connectivity index (χ2n) is 9.42. The van der Waals surface area contributed by atoms with Crippen molar-refractivity contribution in [1.82, 2.24) is 15.1 Å². The van der Waals surface area contributed by atoms with Gasteiger partial charge in [0, 0.05) is 50.1 Å². The number of nitrogens with zero attached hydrogens (tertiary/aromatic N) is 2. The lowest BCUT2D eigenvalue weighted by Crippen LogP contribution is -2.67. The van der Waals surface area contributed by atoms with E-state index in [4.69, 9.17) is 21.1 Å². The van der Waals surface area contributed by atoms with E-state index in [0.717, 1.165) is 32.4 Å². The van der Waals surface area contributed by atoms with Crippen molar-refractivity contribution >= 4 is 23.3 Å². The van der Waals surface area contributed by atoms with E-state index in [1.807, 2.05) is 0 Å². The monoisotopic (exact) mass is 455 g/mol. The van der Waals surface area contributed by atoms with E-state index < -0.39 is 12.1 Å². The quantitative estimate of drug-likeness (QED) is 0.508. The van der Waals surface area contributed by atoms with Gasteiger partial charge in [0.25, 0.3) is 5.91 Å². The van der Waals surface area contributed by atoms with Crippen LogP contribution < -0.4 is 5.32 Å². The zero-order valence-corrected chi connectivity index (χ0v) is 18.4. The Hall–Kier alpha value is -1.22. The molecule has 1 amide bonds. The van der Waals surface area contributed by atoms with Gasteiger partial charge in [0.2, 0.25) is 0 Å². The number of morpholine rings is 2. The van der Waals surface area contributed by atoms with Gasteiger partial charge < -0.3 is 19.7 Å². The van der Waals surface area contributed by atoms with Gasteiger partial charge in [0.15, 0.2) is 5.78 Å². The van der Waals surface area contributed by atoms with Crippen LogP contribution in [0, 0.1) is 5.92 Å². The van der Waals surface area contributed by atoms with Crippen molar-refractivity contribution in [3.63, 3.8) is 0 Å². The number of ether oxygens (including phenoxy) is 2. The van der Waals surface area contributed by atoms with Gasteiger partial charge in [-0.05, 0) is 25.7 Å². The van der Waals surface area contributed by atoms with Crippen molar-refractivity contribution < 1.29 is 23.5 Å². The minimum absolute atomic E-state index is 0.0282. The Morgan fingerprint density at radius 1 is 1.19 bits per heavy atom. The highest BCUT2D eigenvalue weighted by Gasteiger charge is 2.55. The van der Waals surface area contributed by atoms with Gasteiger partial charge in [0.1, 0.15) is 6.17 Å². The highest BCUT2D eigenvalue weighted by Crippen LogP contribution is 2.45. The molecular formula is C22H31ClFN3O4. The van der Waals surface area contributed by atoms with Crippen molar-refractivity contribution in [1.29, 1.82) is 0 Å². The third-order valence-electron chi connectivity index (χ3n) is 7.50. The molecule has 2 saturated heterocycles. The molecule has 0 aromatic heterocycles. The summed E-state index contributed by atoms with van der Waals surface area (Å²) in [5, 5.41) is 2.95. The number of amides is 1. The summed E-state index contributed by atoms with van der Waals surface area (Å²) in [6.45, 7) is 4.27. The van der Waals surface area contributed by atoms with E-state index in [9.17, 15) is 14.0 Å². The first-order valence-corrected chi connectivity index (χ1v) is 12.0. The van der Waals surface area contributed by atoms with E-state index in [1.165, 1.54) is 0 Å². The van der Waals surface area contributed by atoms with E-state index in [0.29, 0.717) is 32.7 Å². The molecule has 7 atom stereocenters. The number of carbonyl (C=O) groups is 2. The average molecular weight is 456 g/mol. The van der Waals surface area contributed by atoms with Crippen LogP contribution in [0.3, 0.4) is 0 Å². The van der Waals surface area contributed by atoms with Crippen LogP contribution in [0.4, 0.5) is 4.39 Å². The molecule has 0 spiro atoms. The average Bonchev–Trinajstić information content (AvgIpc) is 2.76. The maximum atomic E-state index is 14.5. The smallest absolute Gasteiger partial charge is 0.256 e. The molecule has 5 aliphatic rings. The van der Waals surface area contributed by atoms with Crippen molar-refractivity contribution in [2.75, 3.05) is 39.4 Å². The molecule has 31 heavy (non-hydrogen) atoms. The minimum atomic E-state index is -1.08. The largest absolute Gasteiger partial charge is 0.379 e. The molecule has 0 radical (unpaired) electrons. The van der Waals surface area contributed by atoms with E-state index in [2.05, 4.69) is 15.1 Å². The number of nitrogens with one attached hydrogen (secondary N) is 1. The van der Waals surface area contributed by atoms with Crippen LogP contribution in [0.25, 0.3) is 0 Å². The van der Waals surface area contributed by atoms with E-state index >= 15 is 0 Å². The molecular weight excluding hydrogens is 425 g/mol. The van der Waals surface area contributed by atoms with Gasteiger partial charge in [-0.15, -0.1) is 11.6 Å². The Balaban J connectivity index is 1.34. The lowest BCUT2D eigenvalue weighted by Gasteiger charge is -2.57. The zero-order chi connectivity index (χ0) is 21.5. The van der Waals surface area contributed by atoms with Gasteiger partial charge in [0.05, 0.1) is 43.1 Å². The standard InChI is InChI=1S/C22H31ClFN3O4/c23-13-1-2-18-17(9-13)27-12-16(22(29)25-3-4-26-5-7-30-8-6-26)21(28)15-10-14(24)11-19(31-18)20(15)27/h12-15,17-20H,1-11H2,(H,25,29). The third-order valence-corrected chi connectivity index (χ3v) is 7.90. The highest BCUT2D eigenvalue weighted by atomic mass is 35.5. The number of ketones is 1. The molecule has 0 aromatic carbocycles. The summed E-state index contributed by atoms with van der Waals surface area (Å²) < 4.78 is 26.2. The van der Waals surface area contributed by atoms with Gasteiger partial charge in [-0.1, -0.05) is 0 Å². The normalized spacial score (nSPS) is 40.6. The first-order chi connectivity index (χ1) is 15.0. The molecule has 0 bridgehead atoms. The fourth-order valence-electron chi connectivity index (χ4n) is 5.96. The van der Waals surface area contributed by atoms with Gasteiger partial charge in [-0.25, -0.2) is 4.39 Å². The summed E-state index contributed by atoms with van der Waals surface area (Å²) in [6.07, 6.45) is 3.21. The van der Waals surface area contributed by atoms with Crippen LogP contribution in [-0.2, 0) is 19.1 Å². The van der Waals surface area contributed by atoms with Gasteiger partial charge in [-0.3, -0.25) is 14.5 Å². The minimum Gasteiger partial charge on any atom is -0.379 e. The SMILES string of the molecule is O=C(NCCN1CCOCC1)C1=CN2C3CC(Cl)CCC3OC3CC(F)CC(C1=O)C32. The molecule has 3 aliphatic heterocycles. The lowest BCUT2D eigenvalue weighted by atomic mass is 9.71. The van der Waals surface area contributed by atoms with Crippen LogP contribution in [0.5, 0.6) is 0 Å². The lowest BCUT2D eigenvalue weighted by molar-refractivity contribution is -0.187. The fraction of sp³-hybridized carbons (Fsp3) is 0.818. The van der Waals surface area contributed by atoms with Gasteiger partial charge in [-0.2, -0.15) is 0 Å². The Morgan fingerprint density at radius 3 is 2.81 bits per heavy atom. The molecule has 0 aromatic rings. The molecule has 5 rings (SSSR count). The van der Waals surface area contributed by atoms with Crippen LogP contribution in [0.2, 0.25) is 0 Å². The second kappa shape index (κ2) is 8.96. The Labute approximate surface area is 187 Å². The summed E-state index contributed by atoms with van der Waals surface area (Å²) in [4.78, 5) is 30.6. The molecule has 3 heterocycles. The molecule has 9 heteroatoms. The third kappa shape index (κ3) is 4.24. The van der Waals surface area contributed by atoms with Crippen LogP contribution >= 0.6 is 11.6 Å². The predicted molar refractivity (Wildman–Crippen MR) is 113 cm³/mol. The van der Waals surface area contributed by atoms with Gasteiger partial charge >= 0.3 is 0 Å². The van der Waals surface area contributed by atoms with Crippen molar-refractivity contribution in [2.24, 2.45) is 5.92 Å². The van der Waals surface area contributed by atoms with Crippen LogP contribution in [0.15, 0.2) is 11.8 Å². The van der Waals surface area contributed by atoms with Crippen molar-refractivity contribution in [3.05, 3.63) is 11.8 Å². The summed E-state index contributed by atoms with van der Waals surface area (Å²) in [5.41, 5.74) is 0.147. The van der Waals surface area contributed by atoms with Crippen LogP contribution in [0.1, 0.15) is 32.1 Å². The fourth-order valence-corrected chi connectivity index (χ4v) is 6.27. The Morgan fingerprint density at radius 2 is 2.00 bits per heavy atom. The second-order valence-corrected chi connectivity index (χ2v) is 10.0. The van der Waals surface area contributed by atoms with Crippen molar-refractivity contribution in [3.8, 4) is 0 Å². The molecule has 7 unspecified atom stereocenters.